The van der Waals surface area contributed by atoms with E-state index >= 15 is 0 Å². The van der Waals surface area contributed by atoms with E-state index in [0.717, 1.165) is 0 Å². The van der Waals surface area contributed by atoms with Crippen molar-refractivity contribution in [2.75, 3.05) is 13.7 Å². The molecule has 0 aromatic carbocycles. The van der Waals surface area contributed by atoms with Crippen LogP contribution in [0.25, 0.3) is 0 Å². The van der Waals surface area contributed by atoms with Gasteiger partial charge in [0, 0.05) is 43.3 Å². The number of carbonyl (C=O) groups is 2. The molecule has 22 heavy (non-hydrogen) atoms. The van der Waals surface area contributed by atoms with Crippen molar-refractivity contribution in [3.8, 4) is 0 Å². The number of pyridine rings is 2. The molecule has 2 aromatic rings. The van der Waals surface area contributed by atoms with Gasteiger partial charge in [-0.2, -0.15) is 0 Å². The maximum absolute atomic E-state index is 11.8. The number of ether oxygens (including phenoxy) is 1. The average Bonchev–Trinajstić information content (AvgIpc) is 2.56. The minimum Gasteiger partial charge on any atom is -0.465 e. The van der Waals surface area contributed by atoms with Crippen LogP contribution in [-0.2, 0) is 11.3 Å². The molecule has 0 bridgehead atoms. The molecular formula is C15H15N3O4. The van der Waals surface area contributed by atoms with E-state index in [2.05, 4.69) is 15.0 Å². The molecule has 0 aliphatic rings. The first-order valence-electron chi connectivity index (χ1n) is 6.59. The molecule has 1 amide bonds. The summed E-state index contributed by atoms with van der Waals surface area (Å²) in [5.74, 6) is -0.769. The van der Waals surface area contributed by atoms with Gasteiger partial charge in [0.1, 0.15) is 0 Å². The highest BCUT2D eigenvalue weighted by Crippen LogP contribution is 1.98. The number of nitrogens with zero attached hydrogens (tertiary/aromatic N) is 2. The minimum atomic E-state index is -0.519. The quantitative estimate of drug-likeness (QED) is 0.810. The predicted molar refractivity (Wildman–Crippen MR) is 78.6 cm³/mol. The fourth-order valence-corrected chi connectivity index (χ4v) is 1.84. The van der Waals surface area contributed by atoms with E-state index in [9.17, 15) is 14.4 Å². The molecule has 0 fully saturated rings. The number of rotatable bonds is 5. The third-order valence-electron chi connectivity index (χ3n) is 2.99. The van der Waals surface area contributed by atoms with Crippen molar-refractivity contribution < 1.29 is 14.3 Å². The van der Waals surface area contributed by atoms with E-state index in [0.29, 0.717) is 5.56 Å². The van der Waals surface area contributed by atoms with Crippen LogP contribution in [0.1, 0.15) is 20.7 Å². The van der Waals surface area contributed by atoms with Gasteiger partial charge in [-0.05, 0) is 18.2 Å². The molecule has 7 nitrogen and oxygen atoms in total. The molecule has 2 rings (SSSR count). The van der Waals surface area contributed by atoms with Gasteiger partial charge in [-0.15, -0.1) is 0 Å². The van der Waals surface area contributed by atoms with E-state index in [-0.39, 0.29) is 30.1 Å². The lowest BCUT2D eigenvalue weighted by Gasteiger charge is -2.08. The van der Waals surface area contributed by atoms with Crippen LogP contribution in [0.4, 0.5) is 0 Å². The van der Waals surface area contributed by atoms with Crippen molar-refractivity contribution in [3.63, 3.8) is 0 Å². The first-order chi connectivity index (χ1) is 10.6. The maximum Gasteiger partial charge on any atom is 0.339 e. The second-order valence-corrected chi connectivity index (χ2v) is 4.43. The van der Waals surface area contributed by atoms with Gasteiger partial charge in [0.05, 0.1) is 12.7 Å². The zero-order chi connectivity index (χ0) is 15.9. The number of hydrogen-bond acceptors (Lipinski definition) is 5. The second kappa shape index (κ2) is 7.16. The third kappa shape index (κ3) is 3.78. The van der Waals surface area contributed by atoms with Gasteiger partial charge in [-0.25, -0.2) is 4.79 Å². The molecule has 114 valence electrons. The molecular weight excluding hydrogens is 286 g/mol. The summed E-state index contributed by atoms with van der Waals surface area (Å²) in [6.07, 6.45) is 4.46. The van der Waals surface area contributed by atoms with E-state index in [4.69, 9.17) is 0 Å². The van der Waals surface area contributed by atoms with Crippen LogP contribution >= 0.6 is 0 Å². The third-order valence-corrected chi connectivity index (χ3v) is 2.99. The summed E-state index contributed by atoms with van der Waals surface area (Å²) in [6.45, 7) is 0.506. The Labute approximate surface area is 126 Å². The molecule has 0 spiro atoms. The summed E-state index contributed by atoms with van der Waals surface area (Å²) in [5.41, 5.74) is 0.513. The smallest absolute Gasteiger partial charge is 0.339 e. The lowest BCUT2D eigenvalue weighted by atomic mass is 10.2. The van der Waals surface area contributed by atoms with Gasteiger partial charge < -0.3 is 14.6 Å². The highest BCUT2D eigenvalue weighted by atomic mass is 16.5. The van der Waals surface area contributed by atoms with Crippen molar-refractivity contribution in [3.05, 3.63) is 64.3 Å². The SMILES string of the molecule is COC(=O)c1ccc(=O)n(CCNC(=O)c2ccncc2)c1. The van der Waals surface area contributed by atoms with Crippen LogP contribution in [0, 0.1) is 0 Å². The Morgan fingerprint density at radius 2 is 1.91 bits per heavy atom. The van der Waals surface area contributed by atoms with Crippen LogP contribution in [0.3, 0.4) is 0 Å². The molecule has 0 unspecified atom stereocenters. The standard InChI is InChI=1S/C15H15N3O4/c1-22-15(21)12-2-3-13(19)18(10-12)9-8-17-14(20)11-4-6-16-7-5-11/h2-7,10H,8-9H2,1H3,(H,17,20). The van der Waals surface area contributed by atoms with Gasteiger partial charge in [0.15, 0.2) is 0 Å². The molecule has 0 saturated heterocycles. The number of carbonyl (C=O) groups excluding carboxylic acids is 2. The molecule has 0 saturated carbocycles. The van der Waals surface area contributed by atoms with Gasteiger partial charge in [-0.3, -0.25) is 14.6 Å². The monoisotopic (exact) mass is 301 g/mol. The average molecular weight is 301 g/mol. The van der Waals surface area contributed by atoms with Gasteiger partial charge >= 0.3 is 5.97 Å². The maximum atomic E-state index is 11.8. The Bertz CT molecular complexity index is 725. The first kappa shape index (κ1) is 15.4. The summed E-state index contributed by atoms with van der Waals surface area (Å²) in [5, 5.41) is 2.69. The molecule has 2 heterocycles. The summed E-state index contributed by atoms with van der Waals surface area (Å²) < 4.78 is 5.95. The minimum absolute atomic E-state index is 0.250. The number of amides is 1. The first-order valence-corrected chi connectivity index (χ1v) is 6.59. The lowest BCUT2D eigenvalue weighted by molar-refractivity contribution is 0.0599. The van der Waals surface area contributed by atoms with E-state index in [1.54, 1.807) is 12.1 Å². The molecule has 0 radical (unpaired) electrons. The van der Waals surface area contributed by atoms with E-state index < -0.39 is 5.97 Å². The lowest BCUT2D eigenvalue weighted by Crippen LogP contribution is -2.30. The Balaban J connectivity index is 1.98. The van der Waals surface area contributed by atoms with Crippen molar-refractivity contribution in [2.45, 2.75) is 6.54 Å². The van der Waals surface area contributed by atoms with Gasteiger partial charge in [0.2, 0.25) is 0 Å². The number of hydrogen-bond donors (Lipinski definition) is 1. The highest BCUT2D eigenvalue weighted by Gasteiger charge is 2.08. The fourth-order valence-electron chi connectivity index (χ4n) is 1.84. The Morgan fingerprint density at radius 1 is 1.18 bits per heavy atom. The fraction of sp³-hybridized carbons (Fsp3) is 0.200. The molecule has 0 atom stereocenters. The number of nitrogens with one attached hydrogen (secondary N) is 1. The summed E-state index contributed by atoms with van der Waals surface area (Å²) in [7, 11) is 1.27. The number of methoxy groups -OCH3 is 1. The summed E-state index contributed by atoms with van der Waals surface area (Å²) in [4.78, 5) is 38.8. The molecule has 2 aromatic heterocycles. The molecule has 0 aliphatic carbocycles. The van der Waals surface area contributed by atoms with Crippen molar-refractivity contribution in [2.24, 2.45) is 0 Å². The zero-order valence-electron chi connectivity index (χ0n) is 12.0. The molecule has 0 aliphatic heterocycles. The van der Waals surface area contributed by atoms with Crippen LogP contribution in [0.2, 0.25) is 0 Å². The van der Waals surface area contributed by atoms with Crippen molar-refractivity contribution in [1.29, 1.82) is 0 Å². The Kier molecular flexibility index (Phi) is 5.02. The van der Waals surface area contributed by atoms with Crippen molar-refractivity contribution in [1.82, 2.24) is 14.9 Å². The second-order valence-electron chi connectivity index (χ2n) is 4.43. The normalized spacial score (nSPS) is 10.0. The van der Waals surface area contributed by atoms with Crippen LogP contribution in [0.15, 0.2) is 47.7 Å². The van der Waals surface area contributed by atoms with Crippen LogP contribution in [-0.4, -0.2) is 35.1 Å². The Hall–Kier alpha value is -2.96. The highest BCUT2D eigenvalue weighted by molar-refractivity contribution is 5.93. The van der Waals surface area contributed by atoms with Crippen LogP contribution in [0.5, 0.6) is 0 Å². The number of esters is 1. The zero-order valence-corrected chi connectivity index (χ0v) is 12.0. The van der Waals surface area contributed by atoms with Crippen LogP contribution < -0.4 is 10.9 Å². The van der Waals surface area contributed by atoms with Gasteiger partial charge in [0.25, 0.3) is 11.5 Å². The molecule has 1 N–H and O–H groups in total. The van der Waals surface area contributed by atoms with E-state index in [1.807, 2.05) is 0 Å². The predicted octanol–water partition coefficient (Wildman–Crippen LogP) is 0.460. The summed E-state index contributed by atoms with van der Waals surface area (Å²) in [6, 6.07) is 5.88. The summed E-state index contributed by atoms with van der Waals surface area (Å²) >= 11 is 0. The molecule has 7 heteroatoms. The van der Waals surface area contributed by atoms with Gasteiger partial charge in [-0.1, -0.05) is 0 Å². The Morgan fingerprint density at radius 3 is 2.59 bits per heavy atom. The number of aromatic nitrogens is 2. The largest absolute Gasteiger partial charge is 0.465 e. The van der Waals surface area contributed by atoms with E-state index in [1.165, 1.54) is 42.4 Å². The van der Waals surface area contributed by atoms with Crippen molar-refractivity contribution >= 4 is 11.9 Å². The topological polar surface area (TPSA) is 90.3 Å².